The second-order valence-corrected chi connectivity index (χ2v) is 5.77. The van der Waals surface area contributed by atoms with Crippen molar-refractivity contribution in [2.24, 2.45) is 11.3 Å². The van der Waals surface area contributed by atoms with Gasteiger partial charge in [-0.1, -0.05) is 6.42 Å². The smallest absolute Gasteiger partial charge is 0.312 e. The molecule has 3 atom stereocenters. The molecule has 6 nitrogen and oxygen atoms in total. The van der Waals surface area contributed by atoms with Crippen LogP contribution >= 0.6 is 0 Å². The summed E-state index contributed by atoms with van der Waals surface area (Å²) in [5.74, 6) is -0.990. The second kappa shape index (κ2) is 6.53. The van der Waals surface area contributed by atoms with Gasteiger partial charge in [-0.3, -0.25) is 4.79 Å². The molecule has 2 rings (SSSR count). The van der Waals surface area contributed by atoms with E-state index < -0.39 is 17.5 Å². The fraction of sp³-hybridized carbons (Fsp3) is 0.857. The average Bonchev–Trinajstić information content (AvgIpc) is 2.92. The van der Waals surface area contributed by atoms with Crippen molar-refractivity contribution in [1.82, 2.24) is 5.32 Å². The Morgan fingerprint density at radius 3 is 2.75 bits per heavy atom. The molecule has 0 amide bonds. The van der Waals surface area contributed by atoms with Gasteiger partial charge in [0.2, 0.25) is 0 Å². The van der Waals surface area contributed by atoms with E-state index >= 15 is 0 Å². The van der Waals surface area contributed by atoms with Crippen LogP contribution in [-0.4, -0.2) is 48.1 Å². The van der Waals surface area contributed by atoms with Crippen LogP contribution < -0.4 is 5.32 Å². The Morgan fingerprint density at radius 1 is 1.45 bits per heavy atom. The minimum atomic E-state index is -1.12. The van der Waals surface area contributed by atoms with Crippen molar-refractivity contribution in [1.29, 1.82) is 5.26 Å². The lowest BCUT2D eigenvalue weighted by Crippen LogP contribution is -2.52. The normalized spacial score (nSPS) is 30.6. The van der Waals surface area contributed by atoms with Crippen molar-refractivity contribution in [2.75, 3.05) is 19.8 Å². The van der Waals surface area contributed by atoms with Crippen LogP contribution in [0.5, 0.6) is 0 Å². The van der Waals surface area contributed by atoms with Crippen LogP contribution in [0.1, 0.15) is 32.1 Å². The molecule has 2 fully saturated rings. The number of aliphatic hydroxyl groups excluding tert-OH is 1. The van der Waals surface area contributed by atoms with Crippen molar-refractivity contribution >= 4 is 5.97 Å². The van der Waals surface area contributed by atoms with Gasteiger partial charge in [0.25, 0.3) is 0 Å². The van der Waals surface area contributed by atoms with Gasteiger partial charge >= 0.3 is 5.97 Å². The van der Waals surface area contributed by atoms with Crippen molar-refractivity contribution in [3.63, 3.8) is 0 Å². The number of rotatable bonds is 5. The summed E-state index contributed by atoms with van der Waals surface area (Å²) in [7, 11) is 0. The van der Waals surface area contributed by atoms with Gasteiger partial charge in [-0.15, -0.1) is 0 Å². The zero-order valence-electron chi connectivity index (χ0n) is 11.5. The number of nitrogens with one attached hydrogen (secondary N) is 1. The molecule has 0 radical (unpaired) electrons. The number of carboxylic acids is 1. The Morgan fingerprint density at radius 2 is 2.15 bits per heavy atom. The molecule has 6 heteroatoms. The van der Waals surface area contributed by atoms with Crippen LogP contribution in [0.2, 0.25) is 0 Å². The molecule has 1 heterocycles. The summed E-state index contributed by atoms with van der Waals surface area (Å²) < 4.78 is 5.20. The number of nitrogens with zero attached hydrogens (tertiary/aromatic N) is 1. The van der Waals surface area contributed by atoms with Gasteiger partial charge < -0.3 is 20.3 Å². The van der Waals surface area contributed by atoms with Gasteiger partial charge in [0.15, 0.2) is 0 Å². The Labute approximate surface area is 118 Å². The first-order valence-corrected chi connectivity index (χ1v) is 7.22. The highest BCUT2D eigenvalue weighted by Crippen LogP contribution is 2.35. The summed E-state index contributed by atoms with van der Waals surface area (Å²) in [4.78, 5) is 11.5. The molecule has 1 aliphatic heterocycles. The van der Waals surface area contributed by atoms with Crippen LogP contribution in [0.3, 0.4) is 0 Å². The highest BCUT2D eigenvalue weighted by molar-refractivity contribution is 5.75. The zero-order chi connectivity index (χ0) is 14.6. The van der Waals surface area contributed by atoms with Crippen LogP contribution in [0, 0.1) is 22.7 Å². The van der Waals surface area contributed by atoms with E-state index in [4.69, 9.17) is 10.00 Å². The van der Waals surface area contributed by atoms with Gasteiger partial charge in [-0.25, -0.2) is 0 Å². The molecule has 0 aromatic heterocycles. The highest BCUT2D eigenvalue weighted by Gasteiger charge is 2.46. The average molecular weight is 282 g/mol. The molecule has 0 spiro atoms. The van der Waals surface area contributed by atoms with E-state index in [1.54, 1.807) is 0 Å². The molecular weight excluding hydrogens is 260 g/mol. The maximum Gasteiger partial charge on any atom is 0.312 e. The summed E-state index contributed by atoms with van der Waals surface area (Å²) in [6.45, 7) is 0.955. The fourth-order valence-corrected chi connectivity index (χ4v) is 3.24. The monoisotopic (exact) mass is 282 g/mol. The number of hydrogen-bond acceptors (Lipinski definition) is 5. The zero-order valence-corrected chi connectivity index (χ0v) is 11.5. The molecule has 3 unspecified atom stereocenters. The van der Waals surface area contributed by atoms with Crippen molar-refractivity contribution in [3.05, 3.63) is 0 Å². The van der Waals surface area contributed by atoms with Crippen molar-refractivity contribution < 1.29 is 19.7 Å². The Bertz CT molecular complexity index is 387. The van der Waals surface area contributed by atoms with Crippen LogP contribution in [0.25, 0.3) is 0 Å². The molecule has 0 bridgehead atoms. The van der Waals surface area contributed by atoms with E-state index in [9.17, 15) is 15.0 Å². The highest BCUT2D eigenvalue weighted by atomic mass is 16.5. The number of aliphatic hydroxyl groups is 1. The summed E-state index contributed by atoms with van der Waals surface area (Å²) in [5.41, 5.74) is -1.12. The SMILES string of the molecule is N#CC1CCCC1NCC(O)C1(C(=O)O)CCOCC1. The van der Waals surface area contributed by atoms with Crippen LogP contribution in [0.15, 0.2) is 0 Å². The third-order valence-corrected chi connectivity index (χ3v) is 4.70. The summed E-state index contributed by atoms with van der Waals surface area (Å²) in [6.07, 6.45) is 2.50. The van der Waals surface area contributed by atoms with Crippen molar-refractivity contribution in [3.8, 4) is 6.07 Å². The Kier molecular flexibility index (Phi) is 4.97. The molecule has 0 aromatic carbocycles. The van der Waals surface area contributed by atoms with Crippen LogP contribution in [0.4, 0.5) is 0 Å². The molecular formula is C14H22N2O4. The largest absolute Gasteiger partial charge is 0.481 e. The van der Waals surface area contributed by atoms with E-state index in [1.165, 1.54) is 0 Å². The van der Waals surface area contributed by atoms with E-state index in [0.717, 1.165) is 19.3 Å². The number of carboxylic acid groups (broad SMARTS) is 1. The molecule has 1 saturated heterocycles. The number of ether oxygens (including phenoxy) is 1. The lowest BCUT2D eigenvalue weighted by molar-refractivity contribution is -0.165. The molecule has 1 aliphatic carbocycles. The minimum Gasteiger partial charge on any atom is -0.481 e. The van der Waals surface area contributed by atoms with E-state index in [2.05, 4.69) is 11.4 Å². The Hall–Kier alpha value is -1.16. The molecule has 1 saturated carbocycles. The van der Waals surface area contributed by atoms with Gasteiger partial charge in [-0.05, 0) is 25.7 Å². The standard InChI is InChI=1S/C14H22N2O4/c15-8-10-2-1-3-11(10)16-9-12(17)14(13(18)19)4-6-20-7-5-14/h10-12,16-17H,1-7,9H2,(H,18,19). The fourth-order valence-electron chi connectivity index (χ4n) is 3.24. The maximum atomic E-state index is 11.5. The predicted molar refractivity (Wildman–Crippen MR) is 70.9 cm³/mol. The first kappa shape index (κ1) is 15.2. The molecule has 2 aliphatic rings. The van der Waals surface area contributed by atoms with E-state index in [0.29, 0.717) is 26.1 Å². The van der Waals surface area contributed by atoms with Gasteiger partial charge in [0, 0.05) is 25.8 Å². The molecule has 3 N–H and O–H groups in total. The number of aliphatic carboxylic acids is 1. The van der Waals surface area contributed by atoms with E-state index in [1.807, 2.05) is 0 Å². The minimum absolute atomic E-state index is 0.0299. The first-order valence-electron chi connectivity index (χ1n) is 7.22. The third kappa shape index (κ3) is 2.95. The second-order valence-electron chi connectivity index (χ2n) is 5.77. The van der Waals surface area contributed by atoms with Crippen LogP contribution in [-0.2, 0) is 9.53 Å². The number of carbonyl (C=O) groups is 1. The molecule has 112 valence electrons. The maximum absolute atomic E-state index is 11.5. The van der Waals surface area contributed by atoms with Crippen molar-refractivity contribution in [2.45, 2.75) is 44.2 Å². The van der Waals surface area contributed by atoms with Gasteiger partial charge in [0.1, 0.15) is 0 Å². The predicted octanol–water partition coefficient (Wildman–Crippen LogP) is 0.511. The van der Waals surface area contributed by atoms with Gasteiger partial charge in [-0.2, -0.15) is 5.26 Å². The Balaban J connectivity index is 1.94. The number of hydrogen-bond donors (Lipinski definition) is 3. The van der Waals surface area contributed by atoms with E-state index in [-0.39, 0.29) is 18.5 Å². The lowest BCUT2D eigenvalue weighted by atomic mass is 9.75. The summed E-state index contributed by atoms with van der Waals surface area (Å²) >= 11 is 0. The quantitative estimate of drug-likeness (QED) is 0.679. The van der Waals surface area contributed by atoms with Gasteiger partial charge in [0.05, 0.1) is 23.5 Å². The topological polar surface area (TPSA) is 103 Å². The summed E-state index contributed by atoms with van der Waals surface area (Å²) in [6, 6.07) is 2.34. The molecule has 20 heavy (non-hydrogen) atoms. The first-order chi connectivity index (χ1) is 9.60. The molecule has 0 aromatic rings. The third-order valence-electron chi connectivity index (χ3n) is 4.70. The summed E-state index contributed by atoms with van der Waals surface area (Å²) in [5, 5.41) is 32.0. The number of nitriles is 1. The lowest BCUT2D eigenvalue weighted by Gasteiger charge is -2.37.